The molecular formula is C22H17NO. The maximum Gasteiger partial charge on any atom is 0.244 e. The lowest BCUT2D eigenvalue weighted by Crippen LogP contribution is -2.48. The Labute approximate surface area is 141 Å². The molecule has 116 valence electrons. The lowest BCUT2D eigenvalue weighted by molar-refractivity contribution is -0.122. The van der Waals surface area contributed by atoms with E-state index >= 15 is 0 Å². The number of nitrogens with zero attached hydrogens (tertiary/aromatic N) is 1. The number of amides is 1. The van der Waals surface area contributed by atoms with Gasteiger partial charge in [0.25, 0.3) is 0 Å². The van der Waals surface area contributed by atoms with E-state index in [4.69, 9.17) is 0 Å². The van der Waals surface area contributed by atoms with E-state index in [1.807, 2.05) is 83.8 Å². The minimum atomic E-state index is -0.202. The fourth-order valence-electron chi connectivity index (χ4n) is 3.13. The van der Waals surface area contributed by atoms with Gasteiger partial charge in [-0.2, -0.15) is 0 Å². The van der Waals surface area contributed by atoms with Crippen molar-refractivity contribution >= 4 is 17.7 Å². The quantitative estimate of drug-likeness (QED) is 0.633. The van der Waals surface area contributed by atoms with Crippen LogP contribution in [0.5, 0.6) is 0 Å². The number of anilines is 1. The third-order valence-electron chi connectivity index (χ3n) is 4.28. The molecule has 1 unspecified atom stereocenters. The van der Waals surface area contributed by atoms with E-state index < -0.39 is 0 Å². The van der Waals surface area contributed by atoms with Gasteiger partial charge in [-0.25, -0.2) is 0 Å². The van der Waals surface area contributed by atoms with E-state index in [9.17, 15) is 4.79 Å². The van der Waals surface area contributed by atoms with Gasteiger partial charge in [-0.05, 0) is 29.3 Å². The zero-order valence-corrected chi connectivity index (χ0v) is 13.2. The Morgan fingerprint density at radius 3 is 1.88 bits per heavy atom. The molecule has 24 heavy (non-hydrogen) atoms. The van der Waals surface area contributed by atoms with Gasteiger partial charge in [0.05, 0.1) is 0 Å². The highest BCUT2D eigenvalue weighted by molar-refractivity contribution is 6.13. The first-order chi connectivity index (χ1) is 11.8. The number of hydrogen-bond donors (Lipinski definition) is 0. The monoisotopic (exact) mass is 311 g/mol. The summed E-state index contributed by atoms with van der Waals surface area (Å²) in [6.07, 6.45) is 2.10. The molecule has 3 aromatic carbocycles. The summed E-state index contributed by atoms with van der Waals surface area (Å²) in [7, 11) is 0. The molecule has 1 fully saturated rings. The lowest BCUT2D eigenvalue weighted by Gasteiger charge is -2.42. The van der Waals surface area contributed by atoms with Crippen LogP contribution in [0.4, 0.5) is 5.69 Å². The fraction of sp³-hybridized carbons (Fsp3) is 0.0455. The summed E-state index contributed by atoms with van der Waals surface area (Å²) in [6.45, 7) is 0. The second-order valence-corrected chi connectivity index (χ2v) is 5.83. The van der Waals surface area contributed by atoms with Crippen LogP contribution in [0.15, 0.2) is 96.7 Å². The van der Waals surface area contributed by atoms with Crippen LogP contribution in [-0.4, -0.2) is 5.91 Å². The van der Waals surface area contributed by atoms with Gasteiger partial charge in [0, 0.05) is 11.4 Å². The first-order valence-electron chi connectivity index (χ1n) is 8.05. The number of benzene rings is 3. The highest BCUT2D eigenvalue weighted by atomic mass is 16.2. The van der Waals surface area contributed by atoms with Crippen LogP contribution < -0.4 is 4.90 Å². The number of hydrogen-bond acceptors (Lipinski definition) is 1. The molecule has 1 amide bonds. The number of para-hydroxylation sites is 1. The van der Waals surface area contributed by atoms with Crippen LogP contribution in [0.25, 0.3) is 6.08 Å². The summed E-state index contributed by atoms with van der Waals surface area (Å²) < 4.78 is 0. The summed E-state index contributed by atoms with van der Waals surface area (Å²) >= 11 is 0. The molecule has 0 bridgehead atoms. The van der Waals surface area contributed by atoms with Gasteiger partial charge in [-0.3, -0.25) is 9.69 Å². The van der Waals surface area contributed by atoms with Gasteiger partial charge < -0.3 is 0 Å². The Balaban J connectivity index is 1.78. The molecule has 3 aromatic rings. The van der Waals surface area contributed by atoms with Crippen molar-refractivity contribution in [1.29, 1.82) is 0 Å². The summed E-state index contributed by atoms with van der Waals surface area (Å²) in [4.78, 5) is 14.7. The Bertz CT molecular complexity index is 818. The van der Waals surface area contributed by atoms with Crippen molar-refractivity contribution < 1.29 is 4.79 Å². The maximum absolute atomic E-state index is 12.8. The molecule has 1 heterocycles. The number of rotatable bonds is 3. The Hall–Kier alpha value is -3.13. The van der Waals surface area contributed by atoms with E-state index in [1.165, 1.54) is 0 Å². The van der Waals surface area contributed by atoms with Crippen LogP contribution in [0.2, 0.25) is 0 Å². The number of carbonyl (C=O) groups is 1. The normalized spacial score (nSPS) is 18.5. The Morgan fingerprint density at radius 1 is 0.708 bits per heavy atom. The van der Waals surface area contributed by atoms with Gasteiger partial charge in [0.15, 0.2) is 0 Å². The molecule has 0 radical (unpaired) electrons. The zero-order valence-electron chi connectivity index (χ0n) is 13.2. The first kappa shape index (κ1) is 14.5. The van der Waals surface area contributed by atoms with E-state index in [1.54, 1.807) is 0 Å². The Kier molecular flexibility index (Phi) is 3.72. The summed E-state index contributed by atoms with van der Waals surface area (Å²) in [5, 5.41) is 0. The molecule has 1 saturated heterocycles. The standard InChI is InChI=1S/C22H17NO/c24-22-21(18-12-6-2-7-13-18)20(16-17-10-4-1-5-11-17)23(22)19-14-8-3-9-15-19/h1-16,21H. The SMILES string of the molecule is O=C1C(c2ccccc2)C(=Cc2ccccc2)N1c1ccccc1. The summed E-state index contributed by atoms with van der Waals surface area (Å²) in [5.41, 5.74) is 4.07. The third kappa shape index (κ3) is 2.52. The minimum Gasteiger partial charge on any atom is -0.283 e. The van der Waals surface area contributed by atoms with Crippen LogP contribution in [0, 0.1) is 0 Å². The van der Waals surface area contributed by atoms with Crippen LogP contribution in [-0.2, 0) is 4.79 Å². The van der Waals surface area contributed by atoms with Crippen molar-refractivity contribution in [2.75, 3.05) is 4.90 Å². The molecule has 1 atom stereocenters. The van der Waals surface area contributed by atoms with Gasteiger partial charge in [0.1, 0.15) is 5.92 Å². The topological polar surface area (TPSA) is 20.3 Å². The molecule has 0 aliphatic carbocycles. The van der Waals surface area contributed by atoms with Crippen molar-refractivity contribution in [1.82, 2.24) is 0 Å². The molecule has 4 rings (SSSR count). The number of carbonyl (C=O) groups excluding carboxylic acids is 1. The summed E-state index contributed by atoms with van der Waals surface area (Å²) in [6, 6.07) is 29.9. The van der Waals surface area contributed by atoms with Crippen molar-refractivity contribution in [3.8, 4) is 0 Å². The summed E-state index contributed by atoms with van der Waals surface area (Å²) in [5.74, 6) is -0.0822. The maximum atomic E-state index is 12.8. The predicted octanol–water partition coefficient (Wildman–Crippen LogP) is 4.86. The second kappa shape index (κ2) is 6.17. The fourth-order valence-corrected chi connectivity index (χ4v) is 3.13. The molecule has 0 spiro atoms. The van der Waals surface area contributed by atoms with E-state index in [2.05, 4.69) is 18.2 Å². The van der Waals surface area contributed by atoms with Crippen LogP contribution in [0.3, 0.4) is 0 Å². The third-order valence-corrected chi connectivity index (χ3v) is 4.28. The minimum absolute atomic E-state index is 0.120. The van der Waals surface area contributed by atoms with Gasteiger partial charge in [0.2, 0.25) is 5.91 Å². The zero-order chi connectivity index (χ0) is 16.4. The molecule has 1 aliphatic rings. The molecule has 2 heteroatoms. The molecule has 0 aromatic heterocycles. The smallest absolute Gasteiger partial charge is 0.244 e. The average molecular weight is 311 g/mol. The van der Waals surface area contributed by atoms with Gasteiger partial charge in [-0.1, -0.05) is 78.9 Å². The lowest BCUT2D eigenvalue weighted by atomic mass is 9.84. The molecule has 0 saturated carbocycles. The highest BCUT2D eigenvalue weighted by Crippen LogP contribution is 2.43. The second-order valence-electron chi connectivity index (χ2n) is 5.83. The van der Waals surface area contributed by atoms with Crippen molar-refractivity contribution in [2.24, 2.45) is 0 Å². The molecule has 1 aliphatic heterocycles. The van der Waals surface area contributed by atoms with Gasteiger partial charge in [-0.15, -0.1) is 0 Å². The first-order valence-corrected chi connectivity index (χ1v) is 8.05. The van der Waals surface area contributed by atoms with E-state index in [-0.39, 0.29) is 11.8 Å². The van der Waals surface area contributed by atoms with Crippen molar-refractivity contribution in [3.63, 3.8) is 0 Å². The van der Waals surface area contributed by atoms with E-state index in [0.717, 1.165) is 22.5 Å². The predicted molar refractivity (Wildman–Crippen MR) is 97.5 cm³/mol. The number of β-lactam (4-membered cyclic amide) rings is 1. The molecule has 0 N–H and O–H groups in total. The van der Waals surface area contributed by atoms with Crippen molar-refractivity contribution in [3.05, 3.63) is 108 Å². The van der Waals surface area contributed by atoms with Crippen molar-refractivity contribution in [2.45, 2.75) is 5.92 Å². The van der Waals surface area contributed by atoms with Crippen LogP contribution >= 0.6 is 0 Å². The average Bonchev–Trinajstić information content (AvgIpc) is 2.64. The molecular weight excluding hydrogens is 294 g/mol. The largest absolute Gasteiger partial charge is 0.283 e. The van der Waals surface area contributed by atoms with Crippen LogP contribution in [0.1, 0.15) is 17.0 Å². The Morgan fingerprint density at radius 2 is 1.25 bits per heavy atom. The highest BCUT2D eigenvalue weighted by Gasteiger charge is 2.44. The van der Waals surface area contributed by atoms with E-state index in [0.29, 0.717) is 0 Å². The molecule has 2 nitrogen and oxygen atoms in total. The van der Waals surface area contributed by atoms with Gasteiger partial charge >= 0.3 is 0 Å².